The van der Waals surface area contributed by atoms with Crippen LogP contribution >= 0.6 is 15.9 Å². The normalized spacial score (nSPS) is 28.3. The van der Waals surface area contributed by atoms with Crippen LogP contribution in [0.4, 0.5) is 0 Å². The van der Waals surface area contributed by atoms with E-state index in [0.717, 1.165) is 0 Å². The third-order valence-electron chi connectivity index (χ3n) is 2.44. The number of halogens is 1. The lowest BCUT2D eigenvalue weighted by Gasteiger charge is -2.23. The first-order valence-electron chi connectivity index (χ1n) is 4.32. The molecule has 2 atom stereocenters. The van der Waals surface area contributed by atoms with Gasteiger partial charge in [-0.25, -0.2) is 0 Å². The summed E-state index contributed by atoms with van der Waals surface area (Å²) in [6.07, 6.45) is 0. The minimum atomic E-state index is -0.498. The number of nitrogens with one attached hydrogen (secondary N) is 1. The van der Waals surface area contributed by atoms with Gasteiger partial charge in [0.2, 0.25) is 5.91 Å². The molecule has 13 heavy (non-hydrogen) atoms. The number of carbonyl (C=O) groups excluding carboxylic acids is 2. The Balaban J connectivity index is 2.88. The van der Waals surface area contributed by atoms with Crippen molar-refractivity contribution in [1.82, 2.24) is 5.32 Å². The maximum atomic E-state index is 11.7. The lowest BCUT2D eigenvalue weighted by molar-refractivity contribution is -0.133. The van der Waals surface area contributed by atoms with Crippen molar-refractivity contribution in [3.8, 4) is 0 Å². The quantitative estimate of drug-likeness (QED) is 0.587. The first-order valence-corrected chi connectivity index (χ1v) is 5.23. The number of hydrogen-bond acceptors (Lipinski definition) is 2. The fourth-order valence-corrected chi connectivity index (χ4v) is 1.88. The molecule has 2 unspecified atom stereocenters. The maximum Gasteiger partial charge on any atom is 0.231 e. The Morgan fingerprint density at radius 2 is 2.23 bits per heavy atom. The van der Waals surface area contributed by atoms with E-state index < -0.39 is 5.92 Å². The predicted octanol–water partition coefficient (Wildman–Crippen LogP) is 1.11. The summed E-state index contributed by atoms with van der Waals surface area (Å²) in [5.41, 5.74) is -0.254. The highest BCUT2D eigenvalue weighted by Gasteiger charge is 2.46. The van der Waals surface area contributed by atoms with Crippen molar-refractivity contribution in [1.29, 1.82) is 0 Å². The summed E-state index contributed by atoms with van der Waals surface area (Å²) in [5, 5.41) is 2.72. The first-order chi connectivity index (χ1) is 5.86. The monoisotopic (exact) mass is 247 g/mol. The fraction of sp³-hybridized carbons (Fsp3) is 0.778. The van der Waals surface area contributed by atoms with E-state index in [0.29, 0.717) is 6.54 Å². The topological polar surface area (TPSA) is 46.2 Å². The Kier molecular flexibility index (Phi) is 2.80. The highest BCUT2D eigenvalue weighted by Crippen LogP contribution is 2.33. The summed E-state index contributed by atoms with van der Waals surface area (Å²) in [7, 11) is 0. The van der Waals surface area contributed by atoms with E-state index >= 15 is 0 Å². The molecule has 1 saturated heterocycles. The van der Waals surface area contributed by atoms with Crippen molar-refractivity contribution in [3.63, 3.8) is 0 Å². The largest absolute Gasteiger partial charge is 0.355 e. The van der Waals surface area contributed by atoms with Crippen LogP contribution in [0.3, 0.4) is 0 Å². The van der Waals surface area contributed by atoms with Crippen molar-refractivity contribution >= 4 is 27.6 Å². The number of Topliss-reactive ketones (excluding diaryl/α,β-unsaturated/α-hetero) is 1. The van der Waals surface area contributed by atoms with E-state index in [2.05, 4.69) is 21.2 Å². The molecule has 1 heterocycles. The summed E-state index contributed by atoms with van der Waals surface area (Å²) < 4.78 is 0. The Bertz CT molecular complexity index is 248. The smallest absolute Gasteiger partial charge is 0.231 e. The standard InChI is InChI=1S/C9H14BrNO2/c1-5(10)7(12)6-8(13)11-4-9(6,2)3/h5-6H,4H2,1-3H3,(H,11,13). The van der Waals surface area contributed by atoms with Crippen LogP contribution in [0.5, 0.6) is 0 Å². The van der Waals surface area contributed by atoms with Crippen molar-refractivity contribution in [2.45, 2.75) is 25.6 Å². The number of carbonyl (C=O) groups is 2. The van der Waals surface area contributed by atoms with Crippen LogP contribution in [-0.4, -0.2) is 23.1 Å². The molecule has 0 bridgehead atoms. The Labute approximate surface area is 86.4 Å². The summed E-state index contributed by atoms with van der Waals surface area (Å²) in [5.74, 6) is -0.664. The molecule has 3 nitrogen and oxygen atoms in total. The van der Waals surface area contributed by atoms with Crippen LogP contribution in [0.1, 0.15) is 20.8 Å². The second kappa shape index (κ2) is 3.40. The molecule has 0 radical (unpaired) electrons. The van der Waals surface area contributed by atoms with Gasteiger partial charge in [0.25, 0.3) is 0 Å². The molecule has 0 aliphatic carbocycles. The molecule has 0 spiro atoms. The van der Waals surface area contributed by atoms with Crippen molar-refractivity contribution in [3.05, 3.63) is 0 Å². The molecule has 0 aromatic rings. The van der Waals surface area contributed by atoms with Gasteiger partial charge in [0.1, 0.15) is 5.92 Å². The van der Waals surface area contributed by atoms with Gasteiger partial charge in [-0.3, -0.25) is 9.59 Å². The Morgan fingerprint density at radius 3 is 2.54 bits per heavy atom. The zero-order valence-electron chi connectivity index (χ0n) is 8.06. The van der Waals surface area contributed by atoms with E-state index in [4.69, 9.17) is 0 Å². The van der Waals surface area contributed by atoms with Gasteiger partial charge in [-0.2, -0.15) is 0 Å². The van der Waals surface area contributed by atoms with Crippen LogP contribution < -0.4 is 5.32 Å². The van der Waals surface area contributed by atoms with Gasteiger partial charge in [-0.15, -0.1) is 0 Å². The highest BCUT2D eigenvalue weighted by atomic mass is 79.9. The third-order valence-corrected chi connectivity index (χ3v) is 2.89. The molecule has 4 heteroatoms. The van der Waals surface area contributed by atoms with Gasteiger partial charge < -0.3 is 5.32 Å². The molecule has 1 rings (SSSR count). The minimum absolute atomic E-state index is 0.0278. The molecule has 1 fully saturated rings. The second-order valence-electron chi connectivity index (χ2n) is 4.16. The van der Waals surface area contributed by atoms with Crippen LogP contribution in [0.15, 0.2) is 0 Å². The third kappa shape index (κ3) is 1.93. The SMILES string of the molecule is CC(Br)C(=O)C1C(=O)NCC1(C)C. The number of rotatable bonds is 2. The number of ketones is 1. The molecule has 1 aliphatic rings. The van der Waals surface area contributed by atoms with Crippen molar-refractivity contribution in [2.24, 2.45) is 11.3 Å². The molecule has 0 saturated carbocycles. The van der Waals surface area contributed by atoms with E-state index in [1.165, 1.54) is 0 Å². The second-order valence-corrected chi connectivity index (χ2v) is 5.53. The highest BCUT2D eigenvalue weighted by molar-refractivity contribution is 9.10. The van der Waals surface area contributed by atoms with Crippen molar-refractivity contribution < 1.29 is 9.59 Å². The number of hydrogen-bond donors (Lipinski definition) is 1. The molecule has 0 aromatic heterocycles. The number of alkyl halides is 1. The van der Waals surface area contributed by atoms with Gasteiger partial charge in [-0.1, -0.05) is 29.8 Å². The summed E-state index contributed by atoms with van der Waals surface area (Å²) in [6.45, 7) is 6.21. The summed E-state index contributed by atoms with van der Waals surface area (Å²) >= 11 is 3.20. The number of amides is 1. The van der Waals surface area contributed by atoms with E-state index in [1.54, 1.807) is 6.92 Å². The molecule has 74 valence electrons. The van der Waals surface area contributed by atoms with E-state index in [-0.39, 0.29) is 21.9 Å². The predicted molar refractivity (Wildman–Crippen MR) is 53.7 cm³/mol. The van der Waals surface area contributed by atoms with Crippen LogP contribution in [0.25, 0.3) is 0 Å². The molecule has 1 amide bonds. The van der Waals surface area contributed by atoms with E-state index in [9.17, 15) is 9.59 Å². The van der Waals surface area contributed by atoms with Gasteiger partial charge in [0, 0.05) is 12.0 Å². The van der Waals surface area contributed by atoms with Gasteiger partial charge >= 0.3 is 0 Å². The molecule has 0 aromatic carbocycles. The minimum Gasteiger partial charge on any atom is -0.355 e. The first kappa shape index (κ1) is 10.7. The van der Waals surface area contributed by atoms with Crippen molar-refractivity contribution in [2.75, 3.05) is 6.54 Å². The molecular weight excluding hydrogens is 234 g/mol. The zero-order chi connectivity index (χ0) is 10.2. The van der Waals surface area contributed by atoms with Crippen LogP contribution in [0, 0.1) is 11.3 Å². The fourth-order valence-electron chi connectivity index (χ4n) is 1.62. The zero-order valence-corrected chi connectivity index (χ0v) is 9.64. The molecule has 1 N–H and O–H groups in total. The van der Waals surface area contributed by atoms with Gasteiger partial charge in [0.05, 0.1) is 4.83 Å². The lowest BCUT2D eigenvalue weighted by atomic mass is 9.78. The van der Waals surface area contributed by atoms with Crippen LogP contribution in [-0.2, 0) is 9.59 Å². The average Bonchev–Trinajstić information content (AvgIpc) is 2.25. The van der Waals surface area contributed by atoms with Gasteiger partial charge in [0.15, 0.2) is 5.78 Å². The molecule has 1 aliphatic heterocycles. The van der Waals surface area contributed by atoms with E-state index in [1.807, 2.05) is 13.8 Å². The Hall–Kier alpha value is -0.380. The average molecular weight is 248 g/mol. The summed E-state index contributed by atoms with van der Waals surface area (Å²) in [4.78, 5) is 22.8. The molecular formula is C9H14BrNO2. The van der Waals surface area contributed by atoms with Crippen LogP contribution in [0.2, 0.25) is 0 Å². The lowest BCUT2D eigenvalue weighted by Crippen LogP contribution is -2.35. The van der Waals surface area contributed by atoms with Gasteiger partial charge in [-0.05, 0) is 6.92 Å². The Morgan fingerprint density at radius 1 is 1.69 bits per heavy atom. The summed E-state index contributed by atoms with van der Waals surface area (Å²) in [6, 6.07) is 0. The maximum absolute atomic E-state index is 11.7.